The van der Waals surface area contributed by atoms with Crippen molar-refractivity contribution in [2.45, 2.75) is 53.2 Å². The second-order valence-electron chi connectivity index (χ2n) is 5.80. The van der Waals surface area contributed by atoms with Gasteiger partial charge >= 0.3 is 5.97 Å². The predicted octanol–water partition coefficient (Wildman–Crippen LogP) is 2.29. The van der Waals surface area contributed by atoms with Gasteiger partial charge in [0, 0.05) is 0 Å². The van der Waals surface area contributed by atoms with Crippen LogP contribution in [0.4, 0.5) is 0 Å². The second kappa shape index (κ2) is 4.35. The van der Waals surface area contributed by atoms with Gasteiger partial charge in [0.25, 0.3) is 0 Å². The highest BCUT2D eigenvalue weighted by molar-refractivity contribution is 5.89. The third kappa shape index (κ3) is 4.98. The van der Waals surface area contributed by atoms with Gasteiger partial charge in [-0.1, -0.05) is 27.4 Å². The van der Waals surface area contributed by atoms with Gasteiger partial charge in [0.05, 0.1) is 11.7 Å². The molecule has 0 saturated carbocycles. The molecule has 0 spiro atoms. The number of rotatable bonds is 2. The van der Waals surface area contributed by atoms with Gasteiger partial charge in [0.2, 0.25) is 0 Å². The molecule has 0 aliphatic heterocycles. The quantitative estimate of drug-likeness (QED) is 0.566. The minimum Gasteiger partial charge on any atom is -0.457 e. The number of carbonyl (C=O) groups excluding carboxylic acids is 1. The molecule has 1 N–H and O–H groups in total. The standard InChI is InChI=1S/C12H22O3/c1-8(9(13)11(2,3)4)10(14)15-12(5,6)7/h9,13H,1H2,2-7H3. The molecule has 88 valence electrons. The Bertz CT molecular complexity index is 253. The summed E-state index contributed by atoms with van der Waals surface area (Å²) in [6.45, 7) is 14.4. The summed E-state index contributed by atoms with van der Waals surface area (Å²) in [6.07, 6.45) is -0.882. The topological polar surface area (TPSA) is 46.5 Å². The van der Waals surface area contributed by atoms with Crippen molar-refractivity contribution >= 4 is 5.97 Å². The van der Waals surface area contributed by atoms with Gasteiger partial charge in [-0.2, -0.15) is 0 Å². The minimum atomic E-state index is -0.882. The molecule has 0 fully saturated rings. The van der Waals surface area contributed by atoms with Crippen LogP contribution in [-0.4, -0.2) is 22.8 Å². The van der Waals surface area contributed by atoms with Crippen LogP contribution in [0.15, 0.2) is 12.2 Å². The predicted molar refractivity (Wildman–Crippen MR) is 60.4 cm³/mol. The van der Waals surface area contributed by atoms with Gasteiger partial charge in [-0.05, 0) is 26.2 Å². The molecule has 0 aromatic rings. The highest BCUT2D eigenvalue weighted by Crippen LogP contribution is 2.25. The Morgan fingerprint density at radius 2 is 1.60 bits per heavy atom. The zero-order chi connectivity index (χ0) is 12.4. The van der Waals surface area contributed by atoms with E-state index < -0.39 is 23.1 Å². The van der Waals surface area contributed by atoms with Gasteiger partial charge < -0.3 is 9.84 Å². The van der Waals surface area contributed by atoms with Crippen LogP contribution in [0.5, 0.6) is 0 Å². The van der Waals surface area contributed by atoms with Gasteiger partial charge in [-0.15, -0.1) is 0 Å². The molecule has 3 nitrogen and oxygen atoms in total. The van der Waals surface area contributed by atoms with Crippen LogP contribution in [0.3, 0.4) is 0 Å². The third-order valence-corrected chi connectivity index (χ3v) is 1.81. The minimum absolute atomic E-state index is 0.109. The summed E-state index contributed by atoms with van der Waals surface area (Å²) in [4.78, 5) is 11.6. The number of esters is 1. The van der Waals surface area contributed by atoms with Crippen LogP contribution in [0.1, 0.15) is 41.5 Å². The number of ether oxygens (including phenoxy) is 1. The largest absolute Gasteiger partial charge is 0.457 e. The summed E-state index contributed by atoms with van der Waals surface area (Å²) in [5, 5.41) is 9.82. The van der Waals surface area contributed by atoms with E-state index in [0.29, 0.717) is 0 Å². The van der Waals surface area contributed by atoms with E-state index in [1.54, 1.807) is 20.8 Å². The summed E-state index contributed by atoms with van der Waals surface area (Å²) < 4.78 is 5.12. The molecule has 1 atom stereocenters. The maximum Gasteiger partial charge on any atom is 0.336 e. The smallest absolute Gasteiger partial charge is 0.336 e. The average Bonchev–Trinajstić information content (AvgIpc) is 1.96. The third-order valence-electron chi connectivity index (χ3n) is 1.81. The average molecular weight is 214 g/mol. The molecule has 0 amide bonds. The van der Waals surface area contributed by atoms with E-state index in [1.807, 2.05) is 20.8 Å². The molecule has 0 heterocycles. The first-order valence-corrected chi connectivity index (χ1v) is 5.05. The van der Waals surface area contributed by atoms with E-state index in [-0.39, 0.29) is 5.57 Å². The van der Waals surface area contributed by atoms with Crippen molar-refractivity contribution in [2.75, 3.05) is 0 Å². The van der Waals surface area contributed by atoms with E-state index in [1.165, 1.54) is 0 Å². The molecule has 1 unspecified atom stereocenters. The van der Waals surface area contributed by atoms with Crippen molar-refractivity contribution in [1.29, 1.82) is 0 Å². The van der Waals surface area contributed by atoms with Crippen LogP contribution in [0, 0.1) is 5.41 Å². The van der Waals surface area contributed by atoms with Crippen molar-refractivity contribution in [3.63, 3.8) is 0 Å². The lowest BCUT2D eigenvalue weighted by Gasteiger charge is -2.28. The van der Waals surface area contributed by atoms with E-state index in [9.17, 15) is 9.90 Å². The fourth-order valence-corrected chi connectivity index (χ4v) is 0.978. The Hall–Kier alpha value is -0.830. The molecule has 0 rings (SSSR count). The molecule has 0 aliphatic carbocycles. The molecule has 0 aromatic heterocycles. The molecule has 0 saturated heterocycles. The van der Waals surface area contributed by atoms with E-state index in [0.717, 1.165) is 0 Å². The van der Waals surface area contributed by atoms with Crippen LogP contribution >= 0.6 is 0 Å². The Morgan fingerprint density at radius 3 is 1.87 bits per heavy atom. The summed E-state index contributed by atoms with van der Waals surface area (Å²) in [5.41, 5.74) is -0.858. The summed E-state index contributed by atoms with van der Waals surface area (Å²) in [5.74, 6) is -0.537. The Balaban J connectivity index is 4.54. The van der Waals surface area contributed by atoms with Gasteiger partial charge in [0.1, 0.15) is 5.60 Å². The van der Waals surface area contributed by atoms with Crippen LogP contribution in [-0.2, 0) is 9.53 Å². The van der Waals surface area contributed by atoms with Crippen LogP contribution in [0.2, 0.25) is 0 Å². The van der Waals surface area contributed by atoms with Crippen LogP contribution < -0.4 is 0 Å². The van der Waals surface area contributed by atoms with Crippen molar-refractivity contribution in [3.05, 3.63) is 12.2 Å². The number of hydrogen-bond donors (Lipinski definition) is 1. The fraction of sp³-hybridized carbons (Fsp3) is 0.750. The molecule has 0 bridgehead atoms. The Labute approximate surface area is 92.1 Å². The van der Waals surface area contributed by atoms with Crippen molar-refractivity contribution in [2.24, 2.45) is 5.41 Å². The normalized spacial score (nSPS) is 14.6. The monoisotopic (exact) mass is 214 g/mol. The summed E-state index contributed by atoms with van der Waals surface area (Å²) in [6, 6.07) is 0. The molecule has 0 aliphatic rings. The molecule has 0 aromatic carbocycles. The van der Waals surface area contributed by atoms with Crippen molar-refractivity contribution < 1.29 is 14.6 Å². The van der Waals surface area contributed by atoms with Gasteiger partial charge in [0.15, 0.2) is 0 Å². The van der Waals surface area contributed by atoms with E-state index in [4.69, 9.17) is 4.74 Å². The van der Waals surface area contributed by atoms with Gasteiger partial charge in [-0.25, -0.2) is 4.79 Å². The lowest BCUT2D eigenvalue weighted by atomic mass is 9.85. The van der Waals surface area contributed by atoms with Crippen LogP contribution in [0.25, 0.3) is 0 Å². The molecule has 15 heavy (non-hydrogen) atoms. The first kappa shape index (κ1) is 14.2. The highest BCUT2D eigenvalue weighted by Gasteiger charge is 2.30. The maximum absolute atomic E-state index is 11.6. The van der Waals surface area contributed by atoms with E-state index >= 15 is 0 Å². The maximum atomic E-state index is 11.6. The number of hydrogen-bond acceptors (Lipinski definition) is 3. The zero-order valence-corrected chi connectivity index (χ0v) is 10.5. The van der Waals surface area contributed by atoms with Crippen molar-refractivity contribution in [3.8, 4) is 0 Å². The second-order valence-corrected chi connectivity index (χ2v) is 5.80. The Morgan fingerprint density at radius 1 is 1.20 bits per heavy atom. The SMILES string of the molecule is C=C(C(=O)OC(C)(C)C)C(O)C(C)(C)C. The number of carbonyl (C=O) groups is 1. The molecule has 3 heteroatoms. The lowest BCUT2D eigenvalue weighted by Crippen LogP contribution is -2.34. The first-order chi connectivity index (χ1) is 6.45. The Kier molecular flexibility index (Phi) is 4.11. The highest BCUT2D eigenvalue weighted by atomic mass is 16.6. The van der Waals surface area contributed by atoms with Gasteiger partial charge in [-0.3, -0.25) is 0 Å². The molecule has 0 radical (unpaired) electrons. The zero-order valence-electron chi connectivity index (χ0n) is 10.5. The summed E-state index contributed by atoms with van der Waals surface area (Å²) >= 11 is 0. The number of aliphatic hydroxyl groups is 1. The van der Waals surface area contributed by atoms with Crippen molar-refractivity contribution in [1.82, 2.24) is 0 Å². The molecular formula is C12H22O3. The first-order valence-electron chi connectivity index (χ1n) is 5.05. The van der Waals surface area contributed by atoms with E-state index in [2.05, 4.69) is 6.58 Å². The lowest BCUT2D eigenvalue weighted by molar-refractivity contribution is -0.151. The molecular weight excluding hydrogens is 192 g/mol. The fourth-order valence-electron chi connectivity index (χ4n) is 0.978. The number of aliphatic hydroxyl groups excluding tert-OH is 1. The summed E-state index contributed by atoms with van der Waals surface area (Å²) in [7, 11) is 0.